The van der Waals surface area contributed by atoms with Crippen molar-refractivity contribution < 1.29 is 4.79 Å². The number of hydrogen-bond donors (Lipinski definition) is 1. The molecule has 1 fully saturated rings. The number of piperidine rings is 1. The van der Waals surface area contributed by atoms with Gasteiger partial charge in [0.05, 0.1) is 5.69 Å². The summed E-state index contributed by atoms with van der Waals surface area (Å²) in [4.78, 5) is 17.4. The van der Waals surface area contributed by atoms with Gasteiger partial charge in [0.15, 0.2) is 0 Å². The van der Waals surface area contributed by atoms with Crippen LogP contribution in [0, 0.1) is 0 Å². The van der Waals surface area contributed by atoms with Gasteiger partial charge in [-0.1, -0.05) is 6.92 Å². The lowest BCUT2D eigenvalue weighted by molar-refractivity contribution is -0.129. The Labute approximate surface area is 108 Å². The number of carbonyl (C=O) groups excluding carboxylic acids is 1. The first-order chi connectivity index (χ1) is 8.69. The maximum Gasteiger partial charge on any atom is 0.219 e. The third-order valence-electron chi connectivity index (χ3n) is 3.51. The van der Waals surface area contributed by atoms with E-state index in [0.29, 0.717) is 6.04 Å². The fourth-order valence-corrected chi connectivity index (χ4v) is 2.33. The molecule has 0 aliphatic carbocycles. The van der Waals surface area contributed by atoms with Gasteiger partial charge >= 0.3 is 0 Å². The average molecular weight is 247 g/mol. The predicted molar refractivity (Wildman–Crippen MR) is 72.5 cm³/mol. The van der Waals surface area contributed by atoms with Crippen molar-refractivity contribution in [1.29, 1.82) is 0 Å². The zero-order chi connectivity index (χ0) is 13.0. The number of amides is 1. The van der Waals surface area contributed by atoms with Crippen LogP contribution in [0.25, 0.3) is 0 Å². The average Bonchev–Trinajstić information content (AvgIpc) is 2.39. The number of likely N-dealkylation sites (tertiary alicyclic amines) is 1. The molecule has 18 heavy (non-hydrogen) atoms. The van der Waals surface area contributed by atoms with Gasteiger partial charge in [-0.2, -0.15) is 0 Å². The zero-order valence-corrected chi connectivity index (χ0v) is 11.1. The Hall–Kier alpha value is -1.58. The molecule has 98 valence electrons. The SMILES string of the molecule is CCc1cncc(NC2CCN(C(C)=O)CC2)c1. The number of aryl methyl sites for hydroxylation is 1. The first-order valence-electron chi connectivity index (χ1n) is 6.65. The summed E-state index contributed by atoms with van der Waals surface area (Å²) in [6, 6.07) is 2.61. The molecule has 2 rings (SSSR count). The minimum atomic E-state index is 0.183. The summed E-state index contributed by atoms with van der Waals surface area (Å²) in [7, 11) is 0. The van der Waals surface area contributed by atoms with E-state index >= 15 is 0 Å². The Bertz CT molecular complexity index is 411. The summed E-state index contributed by atoms with van der Waals surface area (Å²) in [5.74, 6) is 0.183. The molecule has 0 spiro atoms. The van der Waals surface area contributed by atoms with Crippen LogP contribution in [-0.2, 0) is 11.2 Å². The molecular weight excluding hydrogens is 226 g/mol. The van der Waals surface area contributed by atoms with Crippen LogP contribution in [0.5, 0.6) is 0 Å². The predicted octanol–water partition coefficient (Wildman–Crippen LogP) is 2.07. The van der Waals surface area contributed by atoms with Crippen molar-refractivity contribution >= 4 is 11.6 Å². The Balaban J connectivity index is 1.89. The fraction of sp³-hybridized carbons (Fsp3) is 0.571. The van der Waals surface area contributed by atoms with Crippen molar-refractivity contribution in [3.05, 3.63) is 24.0 Å². The van der Waals surface area contributed by atoms with Crippen LogP contribution in [0.3, 0.4) is 0 Å². The highest BCUT2D eigenvalue weighted by Crippen LogP contribution is 2.17. The lowest BCUT2D eigenvalue weighted by atomic mass is 10.0. The van der Waals surface area contributed by atoms with Gasteiger partial charge in [-0.25, -0.2) is 0 Å². The Morgan fingerprint density at radius 1 is 1.44 bits per heavy atom. The number of hydrogen-bond acceptors (Lipinski definition) is 3. The van der Waals surface area contributed by atoms with E-state index < -0.39 is 0 Å². The van der Waals surface area contributed by atoms with Crippen LogP contribution >= 0.6 is 0 Å². The van der Waals surface area contributed by atoms with Crippen molar-refractivity contribution in [2.75, 3.05) is 18.4 Å². The monoisotopic (exact) mass is 247 g/mol. The number of rotatable bonds is 3. The molecule has 1 aromatic rings. The van der Waals surface area contributed by atoms with E-state index in [1.165, 1.54) is 5.56 Å². The van der Waals surface area contributed by atoms with Gasteiger partial charge in [0, 0.05) is 38.4 Å². The van der Waals surface area contributed by atoms with Crippen LogP contribution in [0.4, 0.5) is 5.69 Å². The summed E-state index contributed by atoms with van der Waals surface area (Å²) in [6.07, 6.45) is 6.80. The van der Waals surface area contributed by atoms with E-state index in [1.54, 1.807) is 6.92 Å². The molecule has 0 atom stereocenters. The van der Waals surface area contributed by atoms with Crippen molar-refractivity contribution in [1.82, 2.24) is 9.88 Å². The van der Waals surface area contributed by atoms with Crippen molar-refractivity contribution in [2.45, 2.75) is 39.2 Å². The smallest absolute Gasteiger partial charge is 0.219 e. The normalized spacial score (nSPS) is 16.7. The number of carbonyl (C=O) groups is 1. The van der Waals surface area contributed by atoms with Crippen molar-refractivity contribution in [3.63, 3.8) is 0 Å². The molecule has 4 nitrogen and oxygen atoms in total. The highest BCUT2D eigenvalue weighted by molar-refractivity contribution is 5.73. The van der Waals surface area contributed by atoms with Crippen LogP contribution in [0.1, 0.15) is 32.3 Å². The molecule has 0 unspecified atom stereocenters. The molecule has 1 aliphatic heterocycles. The molecule has 1 saturated heterocycles. The van der Waals surface area contributed by atoms with Crippen molar-refractivity contribution in [2.24, 2.45) is 0 Å². The van der Waals surface area contributed by atoms with Gasteiger partial charge < -0.3 is 10.2 Å². The number of pyridine rings is 1. The maximum absolute atomic E-state index is 11.2. The van der Waals surface area contributed by atoms with Gasteiger partial charge in [-0.05, 0) is 30.9 Å². The van der Waals surface area contributed by atoms with Crippen LogP contribution < -0.4 is 5.32 Å². The quantitative estimate of drug-likeness (QED) is 0.889. The third kappa shape index (κ3) is 3.22. The molecule has 0 radical (unpaired) electrons. The highest BCUT2D eigenvalue weighted by atomic mass is 16.2. The van der Waals surface area contributed by atoms with E-state index in [9.17, 15) is 4.79 Å². The van der Waals surface area contributed by atoms with Gasteiger partial charge in [0.25, 0.3) is 0 Å². The molecule has 0 saturated carbocycles. The minimum Gasteiger partial charge on any atom is -0.381 e. The molecular formula is C14H21N3O. The number of nitrogens with zero attached hydrogens (tertiary/aromatic N) is 2. The first kappa shape index (κ1) is 12.9. The third-order valence-corrected chi connectivity index (χ3v) is 3.51. The summed E-state index contributed by atoms with van der Waals surface area (Å²) < 4.78 is 0. The van der Waals surface area contributed by atoms with E-state index in [4.69, 9.17) is 0 Å². The molecule has 1 N–H and O–H groups in total. The van der Waals surface area contributed by atoms with Crippen LogP contribution in [0.2, 0.25) is 0 Å². The Morgan fingerprint density at radius 3 is 2.78 bits per heavy atom. The van der Waals surface area contributed by atoms with Crippen LogP contribution in [0.15, 0.2) is 18.5 Å². The molecule has 1 aliphatic rings. The largest absolute Gasteiger partial charge is 0.381 e. The summed E-state index contributed by atoms with van der Waals surface area (Å²) in [6.45, 7) is 5.48. The standard InChI is InChI=1S/C14H21N3O/c1-3-12-8-14(10-15-9-12)16-13-4-6-17(7-5-13)11(2)18/h8-10,13,16H,3-7H2,1-2H3. The number of aromatic nitrogens is 1. The van der Waals surface area contributed by atoms with Gasteiger partial charge in [-0.15, -0.1) is 0 Å². The number of anilines is 1. The van der Waals surface area contributed by atoms with Gasteiger partial charge in [0.1, 0.15) is 0 Å². The Morgan fingerprint density at radius 2 is 2.17 bits per heavy atom. The lowest BCUT2D eigenvalue weighted by Gasteiger charge is -2.32. The molecule has 4 heteroatoms. The van der Waals surface area contributed by atoms with E-state index in [2.05, 4.69) is 23.3 Å². The van der Waals surface area contributed by atoms with Crippen molar-refractivity contribution in [3.8, 4) is 0 Å². The topological polar surface area (TPSA) is 45.2 Å². The van der Waals surface area contributed by atoms with E-state index in [1.807, 2.05) is 17.3 Å². The van der Waals surface area contributed by atoms with Crippen LogP contribution in [-0.4, -0.2) is 34.9 Å². The van der Waals surface area contributed by atoms with Gasteiger partial charge in [-0.3, -0.25) is 9.78 Å². The van der Waals surface area contributed by atoms with E-state index in [0.717, 1.165) is 38.0 Å². The number of nitrogens with one attached hydrogen (secondary N) is 1. The van der Waals surface area contributed by atoms with E-state index in [-0.39, 0.29) is 5.91 Å². The second-order valence-corrected chi connectivity index (χ2v) is 4.86. The summed E-state index contributed by atoms with van der Waals surface area (Å²) >= 11 is 0. The zero-order valence-electron chi connectivity index (χ0n) is 11.1. The Kier molecular flexibility index (Phi) is 4.18. The maximum atomic E-state index is 11.2. The highest BCUT2D eigenvalue weighted by Gasteiger charge is 2.20. The summed E-state index contributed by atoms with van der Waals surface area (Å²) in [5, 5.41) is 3.51. The molecule has 2 heterocycles. The molecule has 0 bridgehead atoms. The second-order valence-electron chi connectivity index (χ2n) is 4.86. The molecule has 0 aromatic carbocycles. The summed E-state index contributed by atoms with van der Waals surface area (Å²) in [5.41, 5.74) is 2.34. The first-order valence-corrected chi connectivity index (χ1v) is 6.65. The van der Waals surface area contributed by atoms with Gasteiger partial charge in [0.2, 0.25) is 5.91 Å². The lowest BCUT2D eigenvalue weighted by Crippen LogP contribution is -2.41. The fourth-order valence-electron chi connectivity index (χ4n) is 2.33. The molecule has 1 amide bonds. The minimum absolute atomic E-state index is 0.183. The molecule has 1 aromatic heterocycles. The second kappa shape index (κ2) is 5.85.